The lowest BCUT2D eigenvalue weighted by molar-refractivity contribution is -0.115. The Morgan fingerprint density at radius 2 is 1.84 bits per heavy atom. The minimum Gasteiger partial charge on any atom is -0.360 e. The number of rotatable bonds is 8. The van der Waals surface area contributed by atoms with E-state index >= 15 is 0 Å². The highest BCUT2D eigenvalue weighted by Crippen LogP contribution is 2.33. The van der Waals surface area contributed by atoms with Crippen molar-refractivity contribution in [2.24, 2.45) is 0 Å². The lowest BCUT2D eigenvalue weighted by Crippen LogP contribution is -2.19. The van der Waals surface area contributed by atoms with Crippen molar-refractivity contribution in [2.75, 3.05) is 5.32 Å². The van der Waals surface area contributed by atoms with Gasteiger partial charge in [0.15, 0.2) is 5.82 Å². The van der Waals surface area contributed by atoms with Gasteiger partial charge in [-0.2, -0.15) is 4.98 Å². The topological polar surface area (TPSA) is 94.1 Å². The molecule has 2 heterocycles. The molecule has 8 heteroatoms. The SMILES string of the molecule is CCc1ccc(-c2noc(CSC(C(=O)Nc3cc(C)on3)c3ccccc3)n2)cc1. The van der Waals surface area contributed by atoms with Crippen LogP contribution in [0.25, 0.3) is 11.4 Å². The van der Waals surface area contributed by atoms with Gasteiger partial charge in [0.2, 0.25) is 17.6 Å². The van der Waals surface area contributed by atoms with Crippen LogP contribution in [0, 0.1) is 6.92 Å². The predicted octanol–water partition coefficient (Wildman–Crippen LogP) is 5.21. The van der Waals surface area contributed by atoms with Gasteiger partial charge in [0.1, 0.15) is 11.0 Å². The van der Waals surface area contributed by atoms with E-state index in [1.807, 2.05) is 42.5 Å². The van der Waals surface area contributed by atoms with Gasteiger partial charge in [0.25, 0.3) is 0 Å². The molecule has 0 saturated heterocycles. The summed E-state index contributed by atoms with van der Waals surface area (Å²) < 4.78 is 10.5. The Labute approximate surface area is 184 Å². The van der Waals surface area contributed by atoms with Gasteiger partial charge in [-0.25, -0.2) is 0 Å². The van der Waals surface area contributed by atoms with E-state index in [1.165, 1.54) is 17.3 Å². The zero-order valence-corrected chi connectivity index (χ0v) is 18.1. The molecule has 0 aliphatic carbocycles. The molecule has 0 bridgehead atoms. The Kier molecular flexibility index (Phi) is 6.47. The molecule has 2 aromatic heterocycles. The number of hydrogen-bond donors (Lipinski definition) is 1. The van der Waals surface area contributed by atoms with Crippen molar-refractivity contribution >= 4 is 23.5 Å². The number of carbonyl (C=O) groups is 1. The lowest BCUT2D eigenvalue weighted by atomic mass is 10.1. The zero-order valence-electron chi connectivity index (χ0n) is 17.2. The first kappa shape index (κ1) is 20.9. The maximum atomic E-state index is 13.0. The monoisotopic (exact) mass is 434 g/mol. The average molecular weight is 435 g/mol. The summed E-state index contributed by atoms with van der Waals surface area (Å²) in [7, 11) is 0. The second-order valence-electron chi connectivity index (χ2n) is 6.98. The second kappa shape index (κ2) is 9.61. The molecule has 0 aliphatic rings. The highest BCUT2D eigenvalue weighted by atomic mass is 32.2. The van der Waals surface area contributed by atoms with Crippen LogP contribution < -0.4 is 5.32 Å². The molecule has 1 atom stereocenters. The van der Waals surface area contributed by atoms with Gasteiger partial charge in [-0.1, -0.05) is 71.8 Å². The fourth-order valence-corrected chi connectivity index (χ4v) is 4.03. The lowest BCUT2D eigenvalue weighted by Gasteiger charge is -2.15. The van der Waals surface area contributed by atoms with Crippen molar-refractivity contribution < 1.29 is 13.8 Å². The predicted molar refractivity (Wildman–Crippen MR) is 119 cm³/mol. The van der Waals surface area contributed by atoms with Gasteiger partial charge in [0, 0.05) is 11.6 Å². The summed E-state index contributed by atoms with van der Waals surface area (Å²) in [5, 5.41) is 10.3. The largest absolute Gasteiger partial charge is 0.360 e. The van der Waals surface area contributed by atoms with E-state index < -0.39 is 5.25 Å². The maximum Gasteiger partial charge on any atom is 0.243 e. The summed E-state index contributed by atoms with van der Waals surface area (Å²) >= 11 is 1.41. The Bertz CT molecular complexity index is 1140. The van der Waals surface area contributed by atoms with E-state index in [0.717, 1.165) is 17.5 Å². The van der Waals surface area contributed by atoms with Gasteiger partial charge in [-0.3, -0.25) is 4.79 Å². The number of nitrogens with one attached hydrogen (secondary N) is 1. The van der Waals surface area contributed by atoms with E-state index in [4.69, 9.17) is 9.05 Å². The third-order valence-corrected chi connectivity index (χ3v) is 5.91. The van der Waals surface area contributed by atoms with Crippen LogP contribution in [-0.4, -0.2) is 21.2 Å². The molecule has 2 aromatic carbocycles. The van der Waals surface area contributed by atoms with Gasteiger partial charge >= 0.3 is 0 Å². The number of benzene rings is 2. The number of carbonyl (C=O) groups excluding carboxylic acids is 1. The summed E-state index contributed by atoms with van der Waals surface area (Å²) in [5.41, 5.74) is 3.03. The molecule has 1 amide bonds. The van der Waals surface area contributed by atoms with Gasteiger partial charge in [0.05, 0.1) is 5.75 Å². The van der Waals surface area contributed by atoms with Crippen molar-refractivity contribution in [3.05, 3.63) is 83.4 Å². The molecule has 4 aromatic rings. The quantitative estimate of drug-likeness (QED) is 0.407. The highest BCUT2D eigenvalue weighted by molar-refractivity contribution is 7.99. The van der Waals surface area contributed by atoms with Crippen molar-refractivity contribution in [1.82, 2.24) is 15.3 Å². The van der Waals surface area contributed by atoms with Crippen LogP contribution in [0.4, 0.5) is 5.82 Å². The number of anilines is 1. The van der Waals surface area contributed by atoms with Crippen molar-refractivity contribution in [3.8, 4) is 11.4 Å². The molecule has 1 N–H and O–H groups in total. The van der Waals surface area contributed by atoms with Crippen LogP contribution in [0.1, 0.15) is 35.0 Å². The number of nitrogens with zero attached hydrogens (tertiary/aromatic N) is 3. The number of thioether (sulfide) groups is 1. The third-order valence-electron chi connectivity index (χ3n) is 4.68. The number of amides is 1. The first-order chi connectivity index (χ1) is 15.1. The van der Waals surface area contributed by atoms with Crippen LogP contribution >= 0.6 is 11.8 Å². The first-order valence-corrected chi connectivity index (χ1v) is 11.0. The molecule has 7 nitrogen and oxygen atoms in total. The van der Waals surface area contributed by atoms with Crippen LogP contribution in [0.15, 0.2) is 69.7 Å². The zero-order chi connectivity index (χ0) is 21.6. The molecule has 158 valence electrons. The standard InChI is InChI=1S/C23H22N4O3S/c1-3-16-9-11-18(12-10-16)22-25-20(30-27-22)14-31-21(17-7-5-4-6-8-17)23(28)24-19-13-15(2)29-26-19/h4-13,21H,3,14H2,1-2H3,(H,24,26,28). The van der Waals surface area contributed by atoms with Crippen LogP contribution in [0.2, 0.25) is 0 Å². The molecule has 0 fully saturated rings. The van der Waals surface area contributed by atoms with E-state index in [9.17, 15) is 4.79 Å². The normalized spacial score (nSPS) is 11.9. The number of hydrogen-bond acceptors (Lipinski definition) is 7. The maximum absolute atomic E-state index is 13.0. The smallest absolute Gasteiger partial charge is 0.243 e. The Balaban J connectivity index is 1.47. The third kappa shape index (κ3) is 5.21. The van der Waals surface area contributed by atoms with Crippen LogP contribution in [0.3, 0.4) is 0 Å². The summed E-state index contributed by atoms with van der Waals surface area (Å²) in [6, 6.07) is 19.3. The van der Waals surface area contributed by atoms with Gasteiger partial charge in [-0.05, 0) is 24.5 Å². The van der Waals surface area contributed by atoms with E-state index in [2.05, 4.69) is 39.7 Å². The fraction of sp³-hybridized carbons (Fsp3) is 0.217. The summed E-state index contributed by atoms with van der Waals surface area (Å²) in [6.45, 7) is 3.89. The molecule has 0 radical (unpaired) electrons. The Hall–Kier alpha value is -3.39. The van der Waals surface area contributed by atoms with Gasteiger partial charge in [-0.15, -0.1) is 11.8 Å². The molecule has 31 heavy (non-hydrogen) atoms. The number of aromatic nitrogens is 3. The van der Waals surface area contributed by atoms with Gasteiger partial charge < -0.3 is 14.4 Å². The summed E-state index contributed by atoms with van der Waals surface area (Å²) in [5.74, 6) is 2.22. The first-order valence-electron chi connectivity index (χ1n) is 9.95. The van der Waals surface area contributed by atoms with Crippen molar-refractivity contribution in [3.63, 3.8) is 0 Å². The molecule has 0 aliphatic heterocycles. The minimum atomic E-state index is -0.475. The summed E-state index contributed by atoms with van der Waals surface area (Å²) in [4.78, 5) is 17.4. The van der Waals surface area contributed by atoms with E-state index in [-0.39, 0.29) is 5.91 Å². The number of aryl methyl sites for hydroxylation is 2. The highest BCUT2D eigenvalue weighted by Gasteiger charge is 2.23. The molecule has 4 rings (SSSR count). The second-order valence-corrected chi connectivity index (χ2v) is 8.07. The average Bonchev–Trinajstić information content (AvgIpc) is 3.43. The Morgan fingerprint density at radius 3 is 2.52 bits per heavy atom. The molecular formula is C23H22N4O3S. The van der Waals surface area contributed by atoms with E-state index in [1.54, 1.807) is 13.0 Å². The molecule has 1 unspecified atom stereocenters. The minimum absolute atomic E-state index is 0.195. The van der Waals surface area contributed by atoms with Crippen LogP contribution in [-0.2, 0) is 17.0 Å². The molecule has 0 spiro atoms. The fourth-order valence-electron chi connectivity index (χ4n) is 3.04. The van der Waals surface area contributed by atoms with Crippen LogP contribution in [0.5, 0.6) is 0 Å². The molecule has 0 saturated carbocycles. The Morgan fingerprint density at radius 1 is 1.06 bits per heavy atom. The van der Waals surface area contributed by atoms with Crippen molar-refractivity contribution in [2.45, 2.75) is 31.3 Å². The van der Waals surface area contributed by atoms with Crippen molar-refractivity contribution in [1.29, 1.82) is 0 Å². The van der Waals surface area contributed by atoms with E-state index in [0.29, 0.717) is 29.0 Å². The molecular weight excluding hydrogens is 412 g/mol. The summed E-state index contributed by atoms with van der Waals surface area (Å²) in [6.07, 6.45) is 0.977.